The van der Waals surface area contributed by atoms with Crippen LogP contribution in [0.4, 0.5) is 0 Å². The van der Waals surface area contributed by atoms with Crippen LogP contribution in [0.5, 0.6) is 5.75 Å². The Hall–Kier alpha value is -2.42. The first-order valence-electron chi connectivity index (χ1n) is 9.68. The van der Waals surface area contributed by atoms with Crippen LogP contribution in [0.25, 0.3) is 0 Å². The average molecular weight is 362 g/mol. The van der Waals surface area contributed by atoms with Crippen LogP contribution in [0.3, 0.4) is 0 Å². The van der Waals surface area contributed by atoms with E-state index in [0.29, 0.717) is 12.8 Å². The number of rotatable bonds is 2. The third-order valence-corrected chi connectivity index (χ3v) is 6.01. The van der Waals surface area contributed by atoms with Crippen LogP contribution in [-0.2, 0) is 16.6 Å². The first-order valence-corrected chi connectivity index (χ1v) is 9.68. The lowest BCUT2D eigenvalue weighted by atomic mass is 9.69. The summed E-state index contributed by atoms with van der Waals surface area (Å²) >= 11 is 0. The molecule has 0 amide bonds. The number of ketones is 2. The van der Waals surface area contributed by atoms with E-state index in [2.05, 4.69) is 32.9 Å². The van der Waals surface area contributed by atoms with Crippen molar-refractivity contribution in [2.24, 2.45) is 0 Å². The molecule has 140 valence electrons. The van der Waals surface area contributed by atoms with Gasteiger partial charge in [-0.05, 0) is 42.4 Å². The van der Waals surface area contributed by atoms with E-state index in [1.54, 1.807) is 6.92 Å². The summed E-state index contributed by atoms with van der Waals surface area (Å²) in [6.07, 6.45) is 1.73. The van der Waals surface area contributed by atoms with Gasteiger partial charge in [0.05, 0.1) is 0 Å². The van der Waals surface area contributed by atoms with Crippen molar-refractivity contribution >= 4 is 11.6 Å². The van der Waals surface area contributed by atoms with Gasteiger partial charge in [0, 0.05) is 23.5 Å². The Morgan fingerprint density at radius 1 is 1.19 bits per heavy atom. The molecule has 4 rings (SSSR count). The highest BCUT2D eigenvalue weighted by atomic mass is 16.5. The lowest BCUT2D eigenvalue weighted by molar-refractivity contribution is -0.118. The summed E-state index contributed by atoms with van der Waals surface area (Å²) < 4.78 is 6.38. The van der Waals surface area contributed by atoms with E-state index < -0.39 is 5.60 Å². The van der Waals surface area contributed by atoms with Gasteiger partial charge in [0.1, 0.15) is 11.5 Å². The van der Waals surface area contributed by atoms with E-state index in [0.717, 1.165) is 28.9 Å². The zero-order valence-electron chi connectivity index (χ0n) is 16.5. The van der Waals surface area contributed by atoms with Crippen molar-refractivity contribution in [1.82, 2.24) is 0 Å². The maximum Gasteiger partial charge on any atom is 0.207 e. The summed E-state index contributed by atoms with van der Waals surface area (Å²) in [6.45, 7) is 8.10. The fourth-order valence-corrected chi connectivity index (χ4v) is 4.51. The molecule has 0 N–H and O–H groups in total. The number of hydrogen-bond donors (Lipinski definition) is 0. The number of carbonyl (C=O) groups is 2. The molecule has 0 fully saturated rings. The molecule has 2 unspecified atom stereocenters. The molecular formula is C24H26O3. The minimum Gasteiger partial charge on any atom is -0.478 e. The van der Waals surface area contributed by atoms with E-state index in [9.17, 15) is 9.59 Å². The third-order valence-electron chi connectivity index (χ3n) is 6.01. The highest BCUT2D eigenvalue weighted by Gasteiger charge is 2.56. The highest BCUT2D eigenvalue weighted by molar-refractivity contribution is 6.06. The quantitative estimate of drug-likeness (QED) is 0.754. The Labute approximate surface area is 160 Å². The predicted octanol–water partition coefficient (Wildman–Crippen LogP) is 5.01. The van der Waals surface area contributed by atoms with Crippen LogP contribution in [0.15, 0.2) is 42.5 Å². The van der Waals surface area contributed by atoms with E-state index in [4.69, 9.17) is 4.74 Å². The summed E-state index contributed by atoms with van der Waals surface area (Å²) in [4.78, 5) is 25.6. The number of ether oxygens (including phenoxy) is 1. The van der Waals surface area contributed by atoms with Crippen molar-refractivity contribution in [3.63, 3.8) is 0 Å². The van der Waals surface area contributed by atoms with Gasteiger partial charge in [0.15, 0.2) is 5.60 Å². The molecule has 1 aliphatic heterocycles. The molecule has 1 spiro atoms. The molecule has 3 heteroatoms. The molecule has 3 nitrogen and oxygen atoms in total. The molecule has 0 radical (unpaired) electrons. The van der Waals surface area contributed by atoms with Crippen molar-refractivity contribution < 1.29 is 14.3 Å². The fourth-order valence-electron chi connectivity index (χ4n) is 4.51. The van der Waals surface area contributed by atoms with Crippen LogP contribution in [0, 0.1) is 0 Å². The molecule has 2 atom stereocenters. The van der Waals surface area contributed by atoms with Crippen molar-refractivity contribution in [2.45, 2.75) is 63.9 Å². The Balaban J connectivity index is 1.84. The van der Waals surface area contributed by atoms with Gasteiger partial charge in [-0.3, -0.25) is 4.79 Å². The second-order valence-electron chi connectivity index (χ2n) is 8.94. The lowest BCUT2D eigenvalue weighted by Gasteiger charge is -2.37. The highest BCUT2D eigenvalue weighted by Crippen LogP contribution is 2.52. The maximum atomic E-state index is 13.5. The molecule has 2 aliphatic rings. The van der Waals surface area contributed by atoms with Crippen molar-refractivity contribution in [3.8, 4) is 5.75 Å². The maximum absolute atomic E-state index is 13.5. The summed E-state index contributed by atoms with van der Waals surface area (Å²) in [5, 5.41) is 0. The van der Waals surface area contributed by atoms with Gasteiger partial charge in [0.2, 0.25) is 5.78 Å². The van der Waals surface area contributed by atoms with Gasteiger partial charge < -0.3 is 9.53 Å². The molecule has 1 heterocycles. The number of aryl methyl sites for hydroxylation is 1. The predicted molar refractivity (Wildman–Crippen MR) is 106 cm³/mol. The Bertz CT molecular complexity index is 935. The van der Waals surface area contributed by atoms with E-state index in [1.807, 2.05) is 30.3 Å². The molecule has 1 aliphatic carbocycles. The van der Waals surface area contributed by atoms with E-state index in [-0.39, 0.29) is 22.9 Å². The average Bonchev–Trinajstić information content (AvgIpc) is 2.91. The van der Waals surface area contributed by atoms with Crippen LogP contribution in [-0.4, -0.2) is 17.2 Å². The van der Waals surface area contributed by atoms with Gasteiger partial charge in [-0.1, -0.05) is 57.2 Å². The van der Waals surface area contributed by atoms with Gasteiger partial charge in [-0.15, -0.1) is 0 Å². The first kappa shape index (κ1) is 18.0. The summed E-state index contributed by atoms with van der Waals surface area (Å²) in [5.41, 5.74) is 3.04. The van der Waals surface area contributed by atoms with Crippen molar-refractivity contribution in [3.05, 3.63) is 64.7 Å². The normalized spacial score (nSPS) is 23.7. The molecule has 0 saturated carbocycles. The monoisotopic (exact) mass is 362 g/mol. The molecular weight excluding hydrogens is 336 g/mol. The van der Waals surface area contributed by atoms with Crippen LogP contribution in [0.2, 0.25) is 0 Å². The van der Waals surface area contributed by atoms with Crippen LogP contribution >= 0.6 is 0 Å². The topological polar surface area (TPSA) is 43.4 Å². The molecule has 0 aromatic heterocycles. The van der Waals surface area contributed by atoms with Crippen molar-refractivity contribution in [2.75, 3.05) is 0 Å². The zero-order chi connectivity index (χ0) is 19.4. The number of Topliss-reactive ketones (excluding diaryl/α,β-unsaturated/α-hetero) is 2. The van der Waals surface area contributed by atoms with Gasteiger partial charge in [-0.25, -0.2) is 0 Å². The molecule has 0 saturated heterocycles. The minimum absolute atomic E-state index is 0.00523. The fraction of sp³-hybridized carbons (Fsp3) is 0.417. The third kappa shape index (κ3) is 2.80. The van der Waals surface area contributed by atoms with E-state index in [1.165, 1.54) is 5.56 Å². The van der Waals surface area contributed by atoms with Crippen molar-refractivity contribution in [1.29, 1.82) is 0 Å². The van der Waals surface area contributed by atoms with Gasteiger partial charge in [-0.2, -0.15) is 0 Å². The summed E-state index contributed by atoms with van der Waals surface area (Å²) in [6, 6.07) is 14.0. The Morgan fingerprint density at radius 3 is 2.63 bits per heavy atom. The molecule has 2 aromatic rings. The SMILES string of the molecule is CC(=O)CC1c2cc(C(C)(C)C)ccc2OC12CCc1ccccc1C2=O. The molecule has 2 aromatic carbocycles. The van der Waals surface area contributed by atoms with Gasteiger partial charge in [0.25, 0.3) is 0 Å². The molecule has 0 bridgehead atoms. The van der Waals surface area contributed by atoms with Crippen LogP contribution in [0.1, 0.15) is 73.5 Å². The Kier molecular flexibility index (Phi) is 4.03. The number of hydrogen-bond acceptors (Lipinski definition) is 3. The van der Waals surface area contributed by atoms with E-state index >= 15 is 0 Å². The lowest BCUT2D eigenvalue weighted by Crippen LogP contribution is -2.49. The van der Waals surface area contributed by atoms with Crippen LogP contribution < -0.4 is 4.74 Å². The minimum atomic E-state index is -0.959. The smallest absolute Gasteiger partial charge is 0.207 e. The largest absolute Gasteiger partial charge is 0.478 e. The number of fused-ring (bicyclic) bond motifs is 2. The second kappa shape index (κ2) is 6.05. The zero-order valence-corrected chi connectivity index (χ0v) is 16.5. The second-order valence-corrected chi connectivity index (χ2v) is 8.94. The summed E-state index contributed by atoms with van der Waals surface area (Å²) in [7, 11) is 0. The first-order chi connectivity index (χ1) is 12.7. The van der Waals surface area contributed by atoms with Gasteiger partial charge >= 0.3 is 0 Å². The molecule has 27 heavy (non-hydrogen) atoms. The number of benzene rings is 2. The summed E-state index contributed by atoms with van der Waals surface area (Å²) in [5.74, 6) is 0.628. The number of carbonyl (C=O) groups excluding carboxylic acids is 2. The standard InChI is InChI=1S/C24H26O3/c1-15(25)13-20-19-14-17(23(2,3)4)9-10-21(19)27-24(20)12-11-16-7-5-6-8-18(16)22(24)26/h5-10,14,20H,11-13H2,1-4H3. The Morgan fingerprint density at radius 2 is 1.93 bits per heavy atom.